The lowest BCUT2D eigenvalue weighted by Gasteiger charge is -2.35. The molecule has 0 bridgehead atoms. The summed E-state index contributed by atoms with van der Waals surface area (Å²) in [4.78, 5) is 17.9. The third kappa shape index (κ3) is 4.89. The number of halogens is 3. The van der Waals surface area contributed by atoms with Gasteiger partial charge in [-0.2, -0.15) is 0 Å². The SMILES string of the molecule is O=C(O)C1Cc2cccc([S+]([O-])N3CCN(c4ccc(OC(F)(F)F)cn4)CC3)c2C1. The van der Waals surface area contributed by atoms with Crippen molar-refractivity contribution in [3.8, 4) is 5.75 Å². The lowest BCUT2D eigenvalue weighted by molar-refractivity contribution is -0.274. The minimum absolute atomic E-state index is 0.378. The summed E-state index contributed by atoms with van der Waals surface area (Å²) < 4.78 is 55.7. The number of aliphatic carboxylic acids is 1. The van der Waals surface area contributed by atoms with Crippen LogP contribution in [0.4, 0.5) is 19.0 Å². The van der Waals surface area contributed by atoms with Crippen molar-refractivity contribution in [3.05, 3.63) is 47.7 Å². The fraction of sp³-hybridized carbons (Fsp3) is 0.400. The van der Waals surface area contributed by atoms with Crippen LogP contribution in [0.5, 0.6) is 5.75 Å². The van der Waals surface area contributed by atoms with Gasteiger partial charge < -0.3 is 19.3 Å². The third-order valence-electron chi connectivity index (χ3n) is 5.44. The Labute approximate surface area is 179 Å². The number of anilines is 1. The van der Waals surface area contributed by atoms with Crippen LogP contribution in [0.1, 0.15) is 11.1 Å². The summed E-state index contributed by atoms with van der Waals surface area (Å²) >= 11 is -1.42. The summed E-state index contributed by atoms with van der Waals surface area (Å²) in [5.74, 6) is -1.19. The second kappa shape index (κ2) is 8.56. The molecule has 1 N–H and O–H groups in total. The maximum absolute atomic E-state index is 13.2. The van der Waals surface area contributed by atoms with E-state index in [0.29, 0.717) is 49.7 Å². The summed E-state index contributed by atoms with van der Waals surface area (Å²) in [6.45, 7) is 1.96. The number of nitrogens with zero attached hydrogens (tertiary/aromatic N) is 3. The summed E-state index contributed by atoms with van der Waals surface area (Å²) in [5, 5.41) is 9.31. The molecule has 0 spiro atoms. The summed E-state index contributed by atoms with van der Waals surface area (Å²) in [7, 11) is 0. The van der Waals surface area contributed by atoms with Gasteiger partial charge >= 0.3 is 12.3 Å². The van der Waals surface area contributed by atoms with Crippen LogP contribution >= 0.6 is 0 Å². The van der Waals surface area contributed by atoms with Gasteiger partial charge in [-0.25, -0.2) is 4.98 Å². The number of benzene rings is 1. The van der Waals surface area contributed by atoms with Crippen molar-refractivity contribution in [1.29, 1.82) is 0 Å². The number of alkyl halides is 3. The Kier molecular flexibility index (Phi) is 6.00. The van der Waals surface area contributed by atoms with Crippen molar-refractivity contribution in [2.75, 3.05) is 31.1 Å². The summed E-state index contributed by atoms with van der Waals surface area (Å²) in [5.41, 5.74) is 1.79. The average molecular weight is 455 g/mol. The number of hydrogen-bond acceptors (Lipinski definition) is 6. The molecule has 0 amide bonds. The molecule has 2 heterocycles. The normalized spacial score (nSPS) is 20.4. The first-order valence-corrected chi connectivity index (χ1v) is 10.8. The largest absolute Gasteiger partial charge is 0.593 e. The van der Waals surface area contributed by atoms with Crippen LogP contribution in [0.15, 0.2) is 41.4 Å². The second-order valence-electron chi connectivity index (χ2n) is 7.40. The van der Waals surface area contributed by atoms with Gasteiger partial charge in [0.1, 0.15) is 11.6 Å². The minimum atomic E-state index is -4.76. The molecule has 11 heteroatoms. The molecule has 2 atom stereocenters. The Morgan fingerprint density at radius 1 is 1.16 bits per heavy atom. The highest BCUT2D eigenvalue weighted by Gasteiger charge is 2.36. The van der Waals surface area contributed by atoms with E-state index in [1.54, 1.807) is 12.1 Å². The maximum Gasteiger partial charge on any atom is 0.573 e. The highest BCUT2D eigenvalue weighted by atomic mass is 32.2. The van der Waals surface area contributed by atoms with E-state index < -0.39 is 29.6 Å². The van der Waals surface area contributed by atoms with Crippen LogP contribution in [-0.2, 0) is 29.0 Å². The molecule has 1 saturated heterocycles. The Hall–Kier alpha value is -2.50. The van der Waals surface area contributed by atoms with E-state index >= 15 is 0 Å². The Morgan fingerprint density at radius 3 is 2.52 bits per heavy atom. The number of hydrogen-bond donors (Lipinski definition) is 1. The molecule has 0 saturated carbocycles. The zero-order valence-corrected chi connectivity index (χ0v) is 17.2. The van der Waals surface area contributed by atoms with Crippen LogP contribution in [0, 0.1) is 5.92 Å². The van der Waals surface area contributed by atoms with Gasteiger partial charge in [-0.05, 0) is 36.6 Å². The highest BCUT2D eigenvalue weighted by Crippen LogP contribution is 2.34. The Bertz CT molecular complexity index is 950. The fourth-order valence-corrected chi connectivity index (χ4v) is 5.33. The molecule has 1 aromatic carbocycles. The zero-order chi connectivity index (χ0) is 22.2. The molecule has 31 heavy (non-hydrogen) atoms. The van der Waals surface area contributed by atoms with E-state index in [4.69, 9.17) is 0 Å². The first-order valence-electron chi connectivity index (χ1n) is 9.68. The lowest BCUT2D eigenvalue weighted by Crippen LogP contribution is -2.49. The molecular weight excluding hydrogens is 435 g/mol. The lowest BCUT2D eigenvalue weighted by atomic mass is 10.1. The quantitative estimate of drug-likeness (QED) is 0.694. The molecule has 1 aliphatic heterocycles. The van der Waals surface area contributed by atoms with Gasteiger partial charge in [0, 0.05) is 18.7 Å². The zero-order valence-electron chi connectivity index (χ0n) is 16.3. The molecular formula is C20H20F3N3O4S. The van der Waals surface area contributed by atoms with Gasteiger partial charge in [-0.1, -0.05) is 12.1 Å². The van der Waals surface area contributed by atoms with Crippen LogP contribution in [0.2, 0.25) is 0 Å². The molecule has 7 nitrogen and oxygen atoms in total. The van der Waals surface area contributed by atoms with Crippen LogP contribution in [-0.4, -0.2) is 57.5 Å². The van der Waals surface area contributed by atoms with Crippen molar-refractivity contribution < 1.29 is 32.4 Å². The molecule has 2 unspecified atom stereocenters. The monoisotopic (exact) mass is 455 g/mol. The van der Waals surface area contributed by atoms with Crippen LogP contribution < -0.4 is 9.64 Å². The van der Waals surface area contributed by atoms with E-state index in [2.05, 4.69) is 9.72 Å². The number of carboxylic acids is 1. The van der Waals surface area contributed by atoms with Gasteiger partial charge in [-0.3, -0.25) is 4.79 Å². The van der Waals surface area contributed by atoms with E-state index in [-0.39, 0.29) is 5.75 Å². The Morgan fingerprint density at radius 2 is 1.90 bits per heavy atom. The van der Waals surface area contributed by atoms with Gasteiger partial charge in [0.05, 0.1) is 36.6 Å². The highest BCUT2D eigenvalue weighted by molar-refractivity contribution is 7.89. The van der Waals surface area contributed by atoms with Gasteiger partial charge in [0.25, 0.3) is 0 Å². The smallest absolute Gasteiger partial charge is 0.573 e. The number of carboxylic acid groups (broad SMARTS) is 1. The molecule has 0 radical (unpaired) electrons. The Balaban J connectivity index is 1.39. The van der Waals surface area contributed by atoms with E-state index in [0.717, 1.165) is 17.3 Å². The maximum atomic E-state index is 13.2. The first-order chi connectivity index (χ1) is 14.7. The predicted molar refractivity (Wildman–Crippen MR) is 106 cm³/mol. The molecule has 1 aromatic heterocycles. The van der Waals surface area contributed by atoms with Crippen LogP contribution in [0.3, 0.4) is 0 Å². The minimum Gasteiger partial charge on any atom is -0.593 e. The number of ether oxygens (including phenoxy) is 1. The van der Waals surface area contributed by atoms with E-state index in [9.17, 15) is 27.6 Å². The van der Waals surface area contributed by atoms with Crippen molar-refractivity contribution in [1.82, 2.24) is 9.29 Å². The summed E-state index contributed by atoms with van der Waals surface area (Å²) in [6.07, 6.45) is -2.91. The van der Waals surface area contributed by atoms with Gasteiger partial charge in [0.15, 0.2) is 4.90 Å². The van der Waals surface area contributed by atoms with E-state index in [1.165, 1.54) is 12.1 Å². The number of carbonyl (C=O) groups is 1. The number of aromatic nitrogens is 1. The van der Waals surface area contributed by atoms with Crippen molar-refractivity contribution in [3.63, 3.8) is 0 Å². The van der Waals surface area contributed by atoms with E-state index in [1.807, 2.05) is 15.3 Å². The standard InChI is InChI=1S/C20H20F3N3O4S/c21-20(22,23)30-15-4-5-18(24-12-15)25-6-8-26(9-7-25)31(29)17-3-1-2-13-10-14(19(27)28)11-16(13)17/h1-5,12,14H,6-11H2,(H,27,28). The number of piperazine rings is 1. The summed E-state index contributed by atoms with van der Waals surface area (Å²) in [6, 6.07) is 8.15. The molecule has 166 valence electrons. The van der Waals surface area contributed by atoms with Gasteiger partial charge in [-0.15, -0.1) is 17.5 Å². The molecule has 1 fully saturated rings. The topological polar surface area (TPSA) is 89.0 Å². The number of fused-ring (bicyclic) bond motifs is 1. The number of pyridine rings is 1. The van der Waals surface area contributed by atoms with Crippen molar-refractivity contribution in [2.24, 2.45) is 5.92 Å². The average Bonchev–Trinajstić information content (AvgIpc) is 3.18. The second-order valence-corrected chi connectivity index (χ2v) is 8.86. The molecule has 1 aliphatic carbocycles. The van der Waals surface area contributed by atoms with Crippen LogP contribution in [0.25, 0.3) is 0 Å². The van der Waals surface area contributed by atoms with Crippen molar-refractivity contribution in [2.45, 2.75) is 24.1 Å². The predicted octanol–water partition coefficient (Wildman–Crippen LogP) is 2.62. The number of rotatable bonds is 5. The molecule has 2 aliphatic rings. The molecule has 2 aromatic rings. The van der Waals surface area contributed by atoms with Gasteiger partial charge in [0.2, 0.25) is 0 Å². The fourth-order valence-electron chi connectivity index (χ4n) is 3.93. The molecule has 4 rings (SSSR count). The third-order valence-corrected chi connectivity index (χ3v) is 7.03. The van der Waals surface area contributed by atoms with Crippen molar-refractivity contribution >= 4 is 23.1 Å². The first kappa shape index (κ1) is 21.7.